The van der Waals surface area contributed by atoms with Crippen LogP contribution in [-0.4, -0.2) is 82.7 Å². The van der Waals surface area contributed by atoms with Gasteiger partial charge in [-0.3, -0.25) is 14.9 Å². The van der Waals surface area contributed by atoms with E-state index in [0.29, 0.717) is 51.4 Å². The number of carbonyl (C=O) groups is 1. The van der Waals surface area contributed by atoms with E-state index >= 15 is 0 Å². The molecule has 1 unspecified atom stereocenters. The first kappa shape index (κ1) is 25.3. The van der Waals surface area contributed by atoms with Crippen LogP contribution in [-0.2, 0) is 24.3 Å². The van der Waals surface area contributed by atoms with Crippen LogP contribution < -0.4 is 10.2 Å². The number of nitrogens with one attached hydrogen (secondary N) is 1. The van der Waals surface area contributed by atoms with Gasteiger partial charge in [0.25, 0.3) is 5.69 Å². The molecule has 1 aromatic carbocycles. The topological polar surface area (TPSA) is 131 Å². The van der Waals surface area contributed by atoms with E-state index < -0.39 is 14.9 Å². The first-order valence-electron chi connectivity index (χ1n) is 11.1. The fourth-order valence-electron chi connectivity index (χ4n) is 4.12. The molecule has 0 bridgehead atoms. The van der Waals surface area contributed by atoms with E-state index in [4.69, 9.17) is 9.47 Å². The van der Waals surface area contributed by atoms with Crippen LogP contribution in [0.5, 0.6) is 0 Å². The summed E-state index contributed by atoms with van der Waals surface area (Å²) < 4.78 is 37.3. The van der Waals surface area contributed by atoms with Gasteiger partial charge in [0.1, 0.15) is 5.69 Å². The summed E-state index contributed by atoms with van der Waals surface area (Å²) >= 11 is 0. The third-order valence-electron chi connectivity index (χ3n) is 6.10. The van der Waals surface area contributed by atoms with Crippen molar-refractivity contribution in [2.24, 2.45) is 5.92 Å². The molecule has 2 fully saturated rings. The van der Waals surface area contributed by atoms with E-state index in [-0.39, 0.29) is 41.5 Å². The summed E-state index contributed by atoms with van der Waals surface area (Å²) in [6.45, 7) is 4.49. The highest BCUT2D eigenvalue weighted by molar-refractivity contribution is 7.89. The fourth-order valence-corrected chi connectivity index (χ4v) is 5.55. The van der Waals surface area contributed by atoms with E-state index in [1.807, 2.05) is 11.8 Å². The van der Waals surface area contributed by atoms with Crippen LogP contribution in [0.25, 0.3) is 0 Å². The Bertz CT molecular complexity index is 942. The number of anilines is 1. The minimum atomic E-state index is -3.84. The van der Waals surface area contributed by atoms with Gasteiger partial charge in [-0.1, -0.05) is 0 Å². The molecule has 2 aliphatic rings. The Morgan fingerprint density at radius 1 is 1.27 bits per heavy atom. The number of ether oxygens (including phenoxy) is 2. The normalized spacial score (nSPS) is 19.3. The van der Waals surface area contributed by atoms with Crippen molar-refractivity contribution in [1.82, 2.24) is 9.62 Å². The lowest BCUT2D eigenvalue weighted by molar-refractivity contribution is -0.384. The molecule has 1 amide bonds. The monoisotopic (exact) mass is 484 g/mol. The van der Waals surface area contributed by atoms with Crippen molar-refractivity contribution < 1.29 is 27.6 Å². The predicted molar refractivity (Wildman–Crippen MR) is 122 cm³/mol. The second kappa shape index (κ2) is 11.2. The Morgan fingerprint density at radius 2 is 1.94 bits per heavy atom. The Labute approximate surface area is 194 Å². The zero-order valence-electron chi connectivity index (χ0n) is 19.1. The maximum absolute atomic E-state index is 12.9. The van der Waals surface area contributed by atoms with Crippen LogP contribution in [0, 0.1) is 16.0 Å². The molecule has 0 aliphatic carbocycles. The van der Waals surface area contributed by atoms with Crippen molar-refractivity contribution in [1.29, 1.82) is 0 Å². The molecular formula is C21H32N4O7S. The number of amides is 1. The zero-order chi connectivity index (χ0) is 24.0. The highest BCUT2D eigenvalue weighted by Crippen LogP contribution is 2.34. The number of morpholine rings is 1. The molecule has 3 rings (SSSR count). The van der Waals surface area contributed by atoms with E-state index in [1.165, 1.54) is 16.4 Å². The van der Waals surface area contributed by atoms with Crippen molar-refractivity contribution in [3.05, 3.63) is 28.3 Å². The van der Waals surface area contributed by atoms with Crippen LogP contribution in [0.3, 0.4) is 0 Å². The van der Waals surface area contributed by atoms with Gasteiger partial charge in [-0.25, -0.2) is 8.42 Å². The first-order valence-corrected chi connectivity index (χ1v) is 12.6. The molecule has 33 heavy (non-hydrogen) atoms. The Kier molecular flexibility index (Phi) is 8.63. The van der Waals surface area contributed by atoms with Crippen LogP contribution >= 0.6 is 0 Å². The molecule has 184 valence electrons. The summed E-state index contributed by atoms with van der Waals surface area (Å²) in [5.74, 6) is -0.175. The van der Waals surface area contributed by atoms with Gasteiger partial charge in [0.05, 0.1) is 23.0 Å². The molecule has 12 heteroatoms. The lowest BCUT2D eigenvalue weighted by Crippen LogP contribution is -2.43. The van der Waals surface area contributed by atoms with Crippen molar-refractivity contribution in [3.8, 4) is 0 Å². The smallest absolute Gasteiger partial charge is 0.293 e. The third kappa shape index (κ3) is 6.19. The van der Waals surface area contributed by atoms with Gasteiger partial charge < -0.3 is 19.7 Å². The molecule has 2 aliphatic heterocycles. The number of nitrogens with zero attached hydrogens (tertiary/aromatic N) is 3. The molecule has 2 saturated heterocycles. The minimum Gasteiger partial charge on any atom is -0.385 e. The van der Waals surface area contributed by atoms with Crippen LogP contribution in [0.4, 0.5) is 11.4 Å². The summed E-state index contributed by atoms with van der Waals surface area (Å²) in [6, 6.07) is 4.07. The number of hydrogen-bond acceptors (Lipinski definition) is 8. The maximum Gasteiger partial charge on any atom is 0.293 e. The third-order valence-corrected chi connectivity index (χ3v) is 8.00. The molecule has 1 atom stereocenters. The summed E-state index contributed by atoms with van der Waals surface area (Å²) in [4.78, 5) is 25.5. The highest BCUT2D eigenvalue weighted by atomic mass is 32.2. The van der Waals surface area contributed by atoms with Gasteiger partial charge in [0.15, 0.2) is 0 Å². The number of sulfonamides is 1. The number of hydrogen-bond donors (Lipinski definition) is 1. The summed E-state index contributed by atoms with van der Waals surface area (Å²) in [5.41, 5.74) is 0.119. The van der Waals surface area contributed by atoms with Crippen LogP contribution in [0.15, 0.2) is 23.1 Å². The van der Waals surface area contributed by atoms with E-state index in [0.717, 1.165) is 12.5 Å². The second-order valence-electron chi connectivity index (χ2n) is 8.38. The van der Waals surface area contributed by atoms with Gasteiger partial charge in [0.2, 0.25) is 15.9 Å². The van der Waals surface area contributed by atoms with E-state index in [2.05, 4.69) is 5.32 Å². The maximum atomic E-state index is 12.9. The molecule has 0 saturated carbocycles. The number of nitro groups is 1. The summed E-state index contributed by atoms with van der Waals surface area (Å²) in [7, 11) is -2.22. The van der Waals surface area contributed by atoms with Crippen LogP contribution in [0.1, 0.15) is 26.2 Å². The first-order chi connectivity index (χ1) is 15.7. The number of benzene rings is 1. The lowest BCUT2D eigenvalue weighted by Gasteiger charge is -2.33. The van der Waals surface area contributed by atoms with Crippen molar-refractivity contribution in [2.75, 3.05) is 58.0 Å². The zero-order valence-corrected chi connectivity index (χ0v) is 19.9. The minimum absolute atomic E-state index is 0.0116. The van der Waals surface area contributed by atoms with Gasteiger partial charge >= 0.3 is 0 Å². The molecule has 2 heterocycles. The van der Waals surface area contributed by atoms with Crippen molar-refractivity contribution >= 4 is 27.3 Å². The number of methoxy groups -OCH3 is 1. The molecule has 0 aromatic heterocycles. The lowest BCUT2D eigenvalue weighted by atomic mass is 9.95. The van der Waals surface area contributed by atoms with Gasteiger partial charge in [-0.15, -0.1) is 0 Å². The average Bonchev–Trinajstić information content (AvgIpc) is 2.83. The summed E-state index contributed by atoms with van der Waals surface area (Å²) in [5, 5.41) is 14.8. The molecule has 0 radical (unpaired) electrons. The van der Waals surface area contributed by atoms with Crippen molar-refractivity contribution in [3.63, 3.8) is 0 Å². The second-order valence-corrected chi connectivity index (χ2v) is 10.3. The van der Waals surface area contributed by atoms with Crippen molar-refractivity contribution in [2.45, 2.75) is 37.1 Å². The van der Waals surface area contributed by atoms with E-state index in [9.17, 15) is 23.3 Å². The molecule has 1 aromatic rings. The predicted octanol–water partition coefficient (Wildman–Crippen LogP) is 1.37. The van der Waals surface area contributed by atoms with Crippen LogP contribution in [0.2, 0.25) is 0 Å². The average molecular weight is 485 g/mol. The quantitative estimate of drug-likeness (QED) is 0.411. The van der Waals surface area contributed by atoms with Gasteiger partial charge in [0, 0.05) is 57.9 Å². The number of nitro benzene ring substituents is 1. The SMILES string of the molecule is COCCC(C)NC(=O)C1CCN(c2ccc(S(=O)(=O)N3CCOCC3)cc2[N+](=O)[O-])CC1. The number of piperidine rings is 1. The fraction of sp³-hybridized carbons (Fsp3) is 0.667. The number of carbonyl (C=O) groups excluding carboxylic acids is 1. The standard InChI is InChI=1S/C21H32N4O7S/c1-16(7-12-31-2)22-21(26)17-5-8-23(9-6-17)19-4-3-18(15-20(19)25(27)28)33(29,30)24-10-13-32-14-11-24/h3-4,15-17H,5-14H2,1-2H3,(H,22,26). The Morgan fingerprint density at radius 3 is 2.55 bits per heavy atom. The highest BCUT2D eigenvalue weighted by Gasteiger charge is 2.32. The Hall–Kier alpha value is -2.28. The molecule has 0 spiro atoms. The van der Waals surface area contributed by atoms with Gasteiger partial charge in [-0.2, -0.15) is 4.31 Å². The molecule has 1 N–H and O–H groups in total. The number of rotatable bonds is 9. The molecule has 11 nitrogen and oxygen atoms in total. The van der Waals surface area contributed by atoms with E-state index in [1.54, 1.807) is 7.11 Å². The Balaban J connectivity index is 1.69. The van der Waals surface area contributed by atoms with Gasteiger partial charge in [-0.05, 0) is 38.3 Å². The molecular weight excluding hydrogens is 452 g/mol. The summed E-state index contributed by atoms with van der Waals surface area (Å²) in [6.07, 6.45) is 1.86. The largest absolute Gasteiger partial charge is 0.385 e.